The second-order valence-corrected chi connectivity index (χ2v) is 5.88. The summed E-state index contributed by atoms with van der Waals surface area (Å²) in [6.45, 7) is 0. The maximum Gasteiger partial charge on any atom is 0.171 e. The van der Waals surface area contributed by atoms with Crippen molar-refractivity contribution in [3.8, 4) is 5.75 Å². The zero-order chi connectivity index (χ0) is 15.4. The van der Waals surface area contributed by atoms with Gasteiger partial charge in [-0.3, -0.25) is 0 Å². The van der Waals surface area contributed by atoms with Crippen molar-refractivity contribution in [2.45, 2.75) is 25.3 Å². The van der Waals surface area contributed by atoms with Gasteiger partial charge in [0, 0.05) is 11.8 Å². The molecule has 0 bridgehead atoms. The molecule has 0 heterocycles. The van der Waals surface area contributed by atoms with Gasteiger partial charge < -0.3 is 15.4 Å². The van der Waals surface area contributed by atoms with Gasteiger partial charge in [-0.05, 0) is 54.7 Å². The Balaban J connectivity index is 1.67. The Morgan fingerprint density at radius 2 is 2.05 bits per heavy atom. The van der Waals surface area contributed by atoms with Gasteiger partial charge >= 0.3 is 0 Å². The van der Waals surface area contributed by atoms with Crippen LogP contribution in [0.2, 0.25) is 0 Å². The summed E-state index contributed by atoms with van der Waals surface area (Å²) in [5, 5.41) is 7.32. The number of thiocarbonyl (C=S) groups is 1. The Morgan fingerprint density at radius 1 is 1.18 bits per heavy atom. The SMILES string of the molecule is COc1cccc(NC(=S)N[C@@H]2CCCc3ccccc32)c1. The molecule has 3 nitrogen and oxygen atoms in total. The van der Waals surface area contributed by atoms with E-state index in [1.54, 1.807) is 7.11 Å². The number of hydrogen-bond acceptors (Lipinski definition) is 2. The highest BCUT2D eigenvalue weighted by atomic mass is 32.1. The second-order valence-electron chi connectivity index (χ2n) is 5.47. The Labute approximate surface area is 136 Å². The van der Waals surface area contributed by atoms with Crippen molar-refractivity contribution >= 4 is 23.0 Å². The third kappa shape index (κ3) is 3.39. The lowest BCUT2D eigenvalue weighted by molar-refractivity contribution is 0.415. The molecular formula is C18H20N2OS. The molecule has 0 radical (unpaired) electrons. The summed E-state index contributed by atoms with van der Waals surface area (Å²) in [5.41, 5.74) is 3.72. The molecule has 2 aromatic carbocycles. The van der Waals surface area contributed by atoms with E-state index in [9.17, 15) is 0 Å². The molecule has 1 atom stereocenters. The van der Waals surface area contributed by atoms with Crippen LogP contribution in [0.15, 0.2) is 48.5 Å². The molecule has 0 fully saturated rings. The van der Waals surface area contributed by atoms with Gasteiger partial charge in [-0.1, -0.05) is 30.3 Å². The Kier molecular flexibility index (Phi) is 4.59. The monoisotopic (exact) mass is 312 g/mol. The minimum Gasteiger partial charge on any atom is -0.497 e. The molecule has 0 saturated heterocycles. The summed E-state index contributed by atoms with van der Waals surface area (Å²) in [4.78, 5) is 0. The van der Waals surface area contributed by atoms with Crippen molar-refractivity contribution in [1.29, 1.82) is 0 Å². The van der Waals surface area contributed by atoms with Crippen LogP contribution in [0.3, 0.4) is 0 Å². The van der Waals surface area contributed by atoms with E-state index in [1.807, 2.05) is 24.3 Å². The first-order valence-corrected chi connectivity index (χ1v) is 7.96. The van der Waals surface area contributed by atoms with Crippen LogP contribution in [0.5, 0.6) is 5.75 Å². The third-order valence-corrected chi connectivity index (χ3v) is 4.22. The van der Waals surface area contributed by atoms with Crippen molar-refractivity contribution in [3.63, 3.8) is 0 Å². The van der Waals surface area contributed by atoms with Crippen LogP contribution in [0.25, 0.3) is 0 Å². The van der Waals surface area contributed by atoms with E-state index in [0.717, 1.165) is 24.3 Å². The van der Waals surface area contributed by atoms with Crippen molar-refractivity contribution in [2.75, 3.05) is 12.4 Å². The van der Waals surface area contributed by atoms with E-state index in [2.05, 4.69) is 34.9 Å². The van der Waals surface area contributed by atoms with Crippen LogP contribution in [0.1, 0.15) is 30.0 Å². The van der Waals surface area contributed by atoms with Crippen LogP contribution < -0.4 is 15.4 Å². The lowest BCUT2D eigenvalue weighted by atomic mass is 9.88. The second kappa shape index (κ2) is 6.79. The standard InChI is InChI=1S/C18H20N2OS/c1-21-15-9-5-8-14(12-15)19-18(22)20-17-11-4-7-13-6-2-3-10-16(13)17/h2-3,5-6,8-10,12,17H,4,7,11H2,1H3,(H2,19,20,22)/t17-/m1/s1. The van der Waals surface area contributed by atoms with Crippen molar-refractivity contribution in [1.82, 2.24) is 5.32 Å². The minimum atomic E-state index is 0.288. The van der Waals surface area contributed by atoms with E-state index in [-0.39, 0.29) is 6.04 Å². The number of hydrogen-bond donors (Lipinski definition) is 2. The van der Waals surface area contributed by atoms with E-state index in [0.29, 0.717) is 5.11 Å². The van der Waals surface area contributed by atoms with Crippen LogP contribution in [-0.2, 0) is 6.42 Å². The molecule has 1 aliphatic rings. The molecule has 2 N–H and O–H groups in total. The molecule has 114 valence electrons. The highest BCUT2D eigenvalue weighted by Gasteiger charge is 2.20. The molecule has 0 saturated carbocycles. The van der Waals surface area contributed by atoms with Crippen LogP contribution in [0.4, 0.5) is 5.69 Å². The molecule has 0 spiro atoms. The van der Waals surface area contributed by atoms with Gasteiger partial charge in [0.05, 0.1) is 13.2 Å². The molecule has 0 aromatic heterocycles. The Bertz CT molecular complexity index is 672. The zero-order valence-electron chi connectivity index (χ0n) is 12.6. The number of methoxy groups -OCH3 is 1. The van der Waals surface area contributed by atoms with Gasteiger partial charge in [0.2, 0.25) is 0 Å². The highest BCUT2D eigenvalue weighted by molar-refractivity contribution is 7.80. The lowest BCUT2D eigenvalue weighted by Gasteiger charge is -2.27. The van der Waals surface area contributed by atoms with Gasteiger partial charge in [-0.2, -0.15) is 0 Å². The fraction of sp³-hybridized carbons (Fsp3) is 0.278. The van der Waals surface area contributed by atoms with Crippen LogP contribution >= 0.6 is 12.2 Å². The van der Waals surface area contributed by atoms with E-state index in [4.69, 9.17) is 17.0 Å². The predicted octanol–water partition coefficient (Wildman–Crippen LogP) is 4.06. The maximum atomic E-state index is 5.46. The highest BCUT2D eigenvalue weighted by Crippen LogP contribution is 2.29. The Hall–Kier alpha value is -2.07. The molecule has 0 aliphatic heterocycles. The number of anilines is 1. The van der Waals surface area contributed by atoms with Crippen LogP contribution in [0, 0.1) is 0 Å². The number of aryl methyl sites for hydroxylation is 1. The van der Waals surface area contributed by atoms with Gasteiger partial charge in [0.25, 0.3) is 0 Å². The summed E-state index contributed by atoms with van der Waals surface area (Å²) < 4.78 is 5.23. The molecule has 0 unspecified atom stereocenters. The molecule has 4 heteroatoms. The zero-order valence-corrected chi connectivity index (χ0v) is 13.5. The fourth-order valence-electron chi connectivity index (χ4n) is 2.93. The number of rotatable bonds is 3. The molecule has 3 rings (SSSR count). The Morgan fingerprint density at radius 3 is 2.91 bits per heavy atom. The average Bonchev–Trinajstić information content (AvgIpc) is 2.55. The molecule has 2 aromatic rings. The van der Waals surface area contributed by atoms with E-state index < -0.39 is 0 Å². The topological polar surface area (TPSA) is 33.3 Å². The van der Waals surface area contributed by atoms with Crippen molar-refractivity contribution < 1.29 is 4.74 Å². The van der Waals surface area contributed by atoms with E-state index >= 15 is 0 Å². The van der Waals surface area contributed by atoms with Gasteiger partial charge in [0.15, 0.2) is 5.11 Å². The third-order valence-electron chi connectivity index (χ3n) is 4.00. The summed E-state index contributed by atoms with van der Waals surface area (Å²) in [6, 6.07) is 16.7. The normalized spacial score (nSPS) is 16.5. The first kappa shape index (κ1) is 14.9. The molecular weight excluding hydrogens is 292 g/mol. The van der Waals surface area contributed by atoms with Crippen molar-refractivity contribution in [3.05, 3.63) is 59.7 Å². The maximum absolute atomic E-state index is 5.46. The smallest absolute Gasteiger partial charge is 0.171 e. The van der Waals surface area contributed by atoms with Crippen molar-refractivity contribution in [2.24, 2.45) is 0 Å². The number of nitrogens with one attached hydrogen (secondary N) is 2. The van der Waals surface area contributed by atoms with Crippen LogP contribution in [-0.4, -0.2) is 12.2 Å². The van der Waals surface area contributed by atoms with Gasteiger partial charge in [-0.15, -0.1) is 0 Å². The van der Waals surface area contributed by atoms with Gasteiger partial charge in [-0.25, -0.2) is 0 Å². The molecule has 1 aliphatic carbocycles. The first-order chi connectivity index (χ1) is 10.8. The number of benzene rings is 2. The summed E-state index contributed by atoms with van der Waals surface area (Å²) in [7, 11) is 1.66. The first-order valence-electron chi connectivity index (χ1n) is 7.55. The summed E-state index contributed by atoms with van der Waals surface area (Å²) >= 11 is 5.46. The quantitative estimate of drug-likeness (QED) is 0.838. The summed E-state index contributed by atoms with van der Waals surface area (Å²) in [5.74, 6) is 0.816. The number of fused-ring (bicyclic) bond motifs is 1. The predicted molar refractivity (Wildman–Crippen MR) is 94.5 cm³/mol. The lowest BCUT2D eigenvalue weighted by Crippen LogP contribution is -2.34. The molecule has 22 heavy (non-hydrogen) atoms. The number of ether oxygens (including phenoxy) is 1. The fourth-order valence-corrected chi connectivity index (χ4v) is 3.19. The summed E-state index contributed by atoms with van der Waals surface area (Å²) in [6.07, 6.45) is 3.46. The molecule has 0 amide bonds. The minimum absolute atomic E-state index is 0.288. The van der Waals surface area contributed by atoms with E-state index in [1.165, 1.54) is 17.5 Å². The van der Waals surface area contributed by atoms with Gasteiger partial charge in [0.1, 0.15) is 5.75 Å². The average molecular weight is 312 g/mol. The largest absolute Gasteiger partial charge is 0.497 e.